The van der Waals surface area contributed by atoms with Crippen LogP contribution in [0.25, 0.3) is 11.1 Å². The molecule has 1 atom stereocenters. The van der Waals surface area contributed by atoms with Crippen molar-refractivity contribution in [1.82, 2.24) is 0 Å². The molecule has 0 aromatic heterocycles. The molecule has 35 heavy (non-hydrogen) atoms. The van der Waals surface area contributed by atoms with Crippen LogP contribution in [-0.4, -0.2) is 26.6 Å². The molecule has 0 heterocycles. The SMILES string of the molecule is C[C@H](C(=O)Nc1ccccc1-c1ccccc1)N(c1ccc(Oc2ccccc2)cc1)S(C)(=O)=O. The van der Waals surface area contributed by atoms with Crippen LogP contribution < -0.4 is 14.4 Å². The summed E-state index contributed by atoms with van der Waals surface area (Å²) in [6, 6.07) is 32.0. The number of hydrogen-bond donors (Lipinski definition) is 1. The molecule has 0 aliphatic rings. The molecule has 0 fully saturated rings. The Morgan fingerprint density at radius 2 is 1.31 bits per heavy atom. The van der Waals surface area contributed by atoms with E-state index in [2.05, 4.69) is 5.32 Å². The Morgan fingerprint density at radius 3 is 1.94 bits per heavy atom. The zero-order valence-electron chi connectivity index (χ0n) is 19.5. The van der Waals surface area contributed by atoms with Gasteiger partial charge in [0.25, 0.3) is 0 Å². The molecule has 0 spiro atoms. The van der Waals surface area contributed by atoms with E-state index in [0.717, 1.165) is 21.7 Å². The molecule has 0 saturated carbocycles. The smallest absolute Gasteiger partial charge is 0.248 e. The molecule has 0 radical (unpaired) electrons. The van der Waals surface area contributed by atoms with Crippen molar-refractivity contribution < 1.29 is 17.9 Å². The third-order valence-corrected chi connectivity index (χ3v) is 6.67. The molecule has 4 aromatic rings. The highest BCUT2D eigenvalue weighted by Gasteiger charge is 2.29. The number of nitrogens with zero attached hydrogens (tertiary/aromatic N) is 1. The third kappa shape index (κ3) is 5.88. The summed E-state index contributed by atoms with van der Waals surface area (Å²) in [5, 5.41) is 2.91. The van der Waals surface area contributed by atoms with Crippen molar-refractivity contribution in [2.75, 3.05) is 15.9 Å². The zero-order chi connectivity index (χ0) is 24.8. The van der Waals surface area contributed by atoms with Gasteiger partial charge < -0.3 is 10.1 Å². The molecule has 1 N–H and O–H groups in total. The van der Waals surface area contributed by atoms with Gasteiger partial charge in [0, 0.05) is 11.3 Å². The number of nitrogens with one attached hydrogen (secondary N) is 1. The number of ether oxygens (including phenoxy) is 1. The Morgan fingerprint density at radius 1 is 0.771 bits per heavy atom. The second kappa shape index (κ2) is 10.4. The van der Waals surface area contributed by atoms with Crippen molar-refractivity contribution in [2.24, 2.45) is 0 Å². The number of sulfonamides is 1. The van der Waals surface area contributed by atoms with Crippen LogP contribution in [0.15, 0.2) is 109 Å². The van der Waals surface area contributed by atoms with E-state index < -0.39 is 22.0 Å². The van der Waals surface area contributed by atoms with E-state index in [4.69, 9.17) is 4.74 Å². The molecule has 0 saturated heterocycles. The Bertz CT molecular complexity index is 1390. The van der Waals surface area contributed by atoms with E-state index in [9.17, 15) is 13.2 Å². The normalized spacial score (nSPS) is 11.9. The van der Waals surface area contributed by atoms with E-state index in [1.54, 1.807) is 37.3 Å². The third-order valence-electron chi connectivity index (χ3n) is 5.43. The summed E-state index contributed by atoms with van der Waals surface area (Å²) in [6.45, 7) is 1.57. The first-order valence-electron chi connectivity index (χ1n) is 11.1. The molecule has 6 nitrogen and oxygen atoms in total. The molecule has 0 aliphatic carbocycles. The van der Waals surface area contributed by atoms with Crippen LogP contribution in [0, 0.1) is 0 Å². The average Bonchev–Trinajstić information content (AvgIpc) is 2.86. The average molecular weight is 487 g/mol. The standard InChI is InChI=1S/C28H26N2O4S/c1-21(28(31)29-27-16-10-9-15-26(27)22-11-5-3-6-12-22)30(35(2,32)33)23-17-19-25(20-18-23)34-24-13-7-4-8-14-24/h3-21H,1-2H3,(H,29,31)/t21-/m1/s1. The first-order valence-corrected chi connectivity index (χ1v) is 13.0. The molecular weight excluding hydrogens is 460 g/mol. The summed E-state index contributed by atoms with van der Waals surface area (Å²) in [5.74, 6) is 0.788. The van der Waals surface area contributed by atoms with E-state index in [1.165, 1.54) is 0 Å². The van der Waals surface area contributed by atoms with Gasteiger partial charge in [-0.15, -0.1) is 0 Å². The van der Waals surface area contributed by atoms with Gasteiger partial charge in [-0.25, -0.2) is 8.42 Å². The van der Waals surface area contributed by atoms with Gasteiger partial charge in [0.15, 0.2) is 0 Å². The lowest BCUT2D eigenvalue weighted by Crippen LogP contribution is -2.45. The van der Waals surface area contributed by atoms with Crippen molar-refractivity contribution in [3.8, 4) is 22.6 Å². The van der Waals surface area contributed by atoms with Crippen LogP contribution in [0.4, 0.5) is 11.4 Å². The summed E-state index contributed by atoms with van der Waals surface area (Å²) < 4.78 is 32.3. The fraction of sp³-hybridized carbons (Fsp3) is 0.107. The minimum Gasteiger partial charge on any atom is -0.457 e. The number of carbonyl (C=O) groups is 1. The summed E-state index contributed by atoms with van der Waals surface area (Å²) in [7, 11) is -3.76. The highest BCUT2D eigenvalue weighted by atomic mass is 32.2. The van der Waals surface area contributed by atoms with Gasteiger partial charge >= 0.3 is 0 Å². The molecule has 0 unspecified atom stereocenters. The van der Waals surface area contributed by atoms with Crippen LogP contribution in [0.5, 0.6) is 11.5 Å². The molecule has 4 rings (SSSR count). The predicted octanol–water partition coefficient (Wildman–Crippen LogP) is 5.94. The molecule has 1 amide bonds. The van der Waals surface area contributed by atoms with Gasteiger partial charge in [0.05, 0.1) is 11.9 Å². The maximum absolute atomic E-state index is 13.2. The van der Waals surface area contributed by atoms with E-state index >= 15 is 0 Å². The lowest BCUT2D eigenvalue weighted by molar-refractivity contribution is -0.116. The second-order valence-corrected chi connectivity index (χ2v) is 9.90. The summed E-state index contributed by atoms with van der Waals surface area (Å²) in [6.07, 6.45) is 1.09. The minimum atomic E-state index is -3.76. The number of para-hydroxylation sites is 2. The first kappa shape index (κ1) is 24.0. The van der Waals surface area contributed by atoms with Crippen LogP contribution in [0.1, 0.15) is 6.92 Å². The molecule has 4 aromatic carbocycles. The highest BCUT2D eigenvalue weighted by Crippen LogP contribution is 2.30. The van der Waals surface area contributed by atoms with Gasteiger partial charge in [-0.1, -0.05) is 66.7 Å². The minimum absolute atomic E-state index is 0.368. The summed E-state index contributed by atoms with van der Waals surface area (Å²) in [5.41, 5.74) is 2.77. The van der Waals surface area contributed by atoms with Crippen molar-refractivity contribution in [3.63, 3.8) is 0 Å². The fourth-order valence-corrected chi connectivity index (χ4v) is 4.97. The maximum atomic E-state index is 13.2. The first-order chi connectivity index (χ1) is 16.8. The zero-order valence-corrected chi connectivity index (χ0v) is 20.3. The van der Waals surface area contributed by atoms with E-state index in [1.807, 2.05) is 78.9 Å². The summed E-state index contributed by atoms with van der Waals surface area (Å²) >= 11 is 0. The van der Waals surface area contributed by atoms with Gasteiger partial charge in [0.2, 0.25) is 15.9 Å². The van der Waals surface area contributed by atoms with Crippen LogP contribution in [0.2, 0.25) is 0 Å². The predicted molar refractivity (Wildman–Crippen MR) is 140 cm³/mol. The van der Waals surface area contributed by atoms with Crippen molar-refractivity contribution in [2.45, 2.75) is 13.0 Å². The van der Waals surface area contributed by atoms with E-state index in [-0.39, 0.29) is 0 Å². The summed E-state index contributed by atoms with van der Waals surface area (Å²) in [4.78, 5) is 13.2. The van der Waals surface area contributed by atoms with Crippen LogP contribution >= 0.6 is 0 Å². The number of carbonyl (C=O) groups excluding carboxylic acids is 1. The number of anilines is 2. The maximum Gasteiger partial charge on any atom is 0.248 e. The largest absolute Gasteiger partial charge is 0.457 e. The van der Waals surface area contributed by atoms with Gasteiger partial charge in [0.1, 0.15) is 17.5 Å². The lowest BCUT2D eigenvalue weighted by Gasteiger charge is -2.28. The van der Waals surface area contributed by atoms with Gasteiger partial charge in [-0.2, -0.15) is 0 Å². The van der Waals surface area contributed by atoms with Crippen LogP contribution in [0.3, 0.4) is 0 Å². The quantitative estimate of drug-likeness (QED) is 0.334. The fourth-order valence-electron chi connectivity index (χ4n) is 3.79. The lowest BCUT2D eigenvalue weighted by atomic mass is 10.0. The van der Waals surface area contributed by atoms with Crippen molar-refractivity contribution >= 4 is 27.3 Å². The number of hydrogen-bond acceptors (Lipinski definition) is 4. The molecule has 178 valence electrons. The molecule has 0 aliphatic heterocycles. The van der Waals surface area contributed by atoms with Crippen molar-refractivity contribution in [1.29, 1.82) is 0 Å². The van der Waals surface area contributed by atoms with Crippen LogP contribution in [-0.2, 0) is 14.8 Å². The van der Waals surface area contributed by atoms with Gasteiger partial charge in [-0.3, -0.25) is 9.10 Å². The Hall–Kier alpha value is -4.10. The monoisotopic (exact) mass is 486 g/mol. The topological polar surface area (TPSA) is 75.7 Å². The Labute approximate surface area is 205 Å². The molecule has 7 heteroatoms. The second-order valence-electron chi connectivity index (χ2n) is 8.04. The van der Waals surface area contributed by atoms with E-state index in [0.29, 0.717) is 22.9 Å². The Balaban J connectivity index is 1.56. The van der Waals surface area contributed by atoms with Crippen molar-refractivity contribution in [3.05, 3.63) is 109 Å². The Kier molecular flexibility index (Phi) is 7.17. The number of benzene rings is 4. The van der Waals surface area contributed by atoms with Gasteiger partial charge in [-0.05, 0) is 55.0 Å². The number of amides is 1. The highest BCUT2D eigenvalue weighted by molar-refractivity contribution is 7.92. The molecular formula is C28H26N2O4S. The number of rotatable bonds is 8. The molecule has 0 bridgehead atoms.